The summed E-state index contributed by atoms with van der Waals surface area (Å²) < 4.78 is 31.6. The fourth-order valence-corrected chi connectivity index (χ4v) is 3.54. The van der Waals surface area contributed by atoms with Crippen molar-refractivity contribution in [3.8, 4) is 0 Å². The van der Waals surface area contributed by atoms with Crippen LogP contribution in [0.1, 0.15) is 12.5 Å². The van der Waals surface area contributed by atoms with E-state index in [1.807, 2.05) is 30.3 Å². The Kier molecular flexibility index (Phi) is 6.05. The summed E-state index contributed by atoms with van der Waals surface area (Å²) >= 11 is 0. The van der Waals surface area contributed by atoms with Crippen molar-refractivity contribution in [2.24, 2.45) is 0 Å². The van der Waals surface area contributed by atoms with Gasteiger partial charge in [-0.05, 0) is 31.0 Å². The van der Waals surface area contributed by atoms with E-state index in [9.17, 15) is 13.2 Å². The lowest BCUT2D eigenvalue weighted by Crippen LogP contribution is -2.44. The predicted octanol–water partition coefficient (Wildman–Crippen LogP) is 1.88. The molecule has 0 radical (unpaired) electrons. The molecule has 24 heavy (non-hydrogen) atoms. The van der Waals surface area contributed by atoms with Gasteiger partial charge in [-0.1, -0.05) is 30.3 Å². The predicted molar refractivity (Wildman–Crippen MR) is 89.8 cm³/mol. The second kappa shape index (κ2) is 8.03. The molecule has 2 rings (SSSR count). The fraction of sp³-hybridized carbons (Fsp3) is 0.294. The molecule has 0 unspecified atom stereocenters. The van der Waals surface area contributed by atoms with Gasteiger partial charge in [0.05, 0.1) is 6.61 Å². The Morgan fingerprint density at radius 2 is 1.92 bits per heavy atom. The molecule has 1 aromatic carbocycles. The lowest BCUT2D eigenvalue weighted by molar-refractivity contribution is -0.147. The summed E-state index contributed by atoms with van der Waals surface area (Å²) in [6.45, 7) is 1.87. The van der Waals surface area contributed by atoms with Crippen molar-refractivity contribution in [3.05, 3.63) is 60.4 Å². The highest BCUT2D eigenvalue weighted by atomic mass is 32.2. The number of rotatable bonds is 7. The lowest BCUT2D eigenvalue weighted by atomic mass is 10.1. The monoisotopic (exact) mass is 348 g/mol. The van der Waals surface area contributed by atoms with Crippen LogP contribution in [0.4, 0.5) is 0 Å². The highest BCUT2D eigenvalue weighted by Gasteiger charge is 2.34. The Bertz CT molecular complexity index is 764. The van der Waals surface area contributed by atoms with Crippen molar-refractivity contribution in [2.75, 3.05) is 13.7 Å². The van der Waals surface area contributed by atoms with Crippen LogP contribution in [0, 0.1) is 0 Å². The molecule has 0 saturated heterocycles. The molecule has 7 heteroatoms. The van der Waals surface area contributed by atoms with Crippen LogP contribution in [0.15, 0.2) is 59.8 Å². The normalized spacial score (nSPS) is 12.8. The van der Waals surface area contributed by atoms with Crippen molar-refractivity contribution in [2.45, 2.75) is 24.3 Å². The molecule has 0 N–H and O–H groups in total. The Labute approximate surface area is 142 Å². The molecule has 2 aromatic rings. The third kappa shape index (κ3) is 4.18. The zero-order chi connectivity index (χ0) is 17.6. The molecule has 0 amide bonds. The number of aromatic nitrogens is 1. The van der Waals surface area contributed by atoms with Gasteiger partial charge in [0.2, 0.25) is 10.0 Å². The van der Waals surface area contributed by atoms with Crippen molar-refractivity contribution in [1.29, 1.82) is 0 Å². The Morgan fingerprint density at radius 1 is 1.21 bits per heavy atom. The summed E-state index contributed by atoms with van der Waals surface area (Å²) in [4.78, 5) is 16.2. The van der Waals surface area contributed by atoms with Crippen LogP contribution in [0.3, 0.4) is 0 Å². The number of carbonyl (C=O) groups excluding carboxylic acids is 1. The van der Waals surface area contributed by atoms with E-state index < -0.39 is 22.0 Å². The third-order valence-electron chi connectivity index (χ3n) is 3.58. The maximum absolute atomic E-state index is 12.8. The quantitative estimate of drug-likeness (QED) is 0.714. The van der Waals surface area contributed by atoms with Crippen LogP contribution in [0.25, 0.3) is 0 Å². The summed E-state index contributed by atoms with van der Waals surface area (Å²) in [6, 6.07) is 11.3. The first-order valence-electron chi connectivity index (χ1n) is 7.55. The van der Waals surface area contributed by atoms with E-state index in [4.69, 9.17) is 4.74 Å². The van der Waals surface area contributed by atoms with Gasteiger partial charge in [0.1, 0.15) is 10.9 Å². The van der Waals surface area contributed by atoms with Crippen LogP contribution in [-0.4, -0.2) is 43.4 Å². The molecule has 1 atom stereocenters. The third-order valence-corrected chi connectivity index (χ3v) is 5.43. The molecule has 0 aliphatic rings. The molecule has 0 aliphatic heterocycles. The van der Waals surface area contributed by atoms with E-state index in [0.29, 0.717) is 0 Å². The first kappa shape index (κ1) is 18.1. The van der Waals surface area contributed by atoms with Crippen molar-refractivity contribution < 1.29 is 17.9 Å². The average molecular weight is 348 g/mol. The number of esters is 1. The number of ether oxygens (including phenoxy) is 1. The van der Waals surface area contributed by atoms with Crippen LogP contribution in [0.2, 0.25) is 0 Å². The van der Waals surface area contributed by atoms with Gasteiger partial charge in [-0.2, -0.15) is 4.31 Å². The summed E-state index contributed by atoms with van der Waals surface area (Å²) in [5, 5.41) is 0. The number of hydrogen-bond acceptors (Lipinski definition) is 5. The summed E-state index contributed by atoms with van der Waals surface area (Å²) in [5.74, 6) is -0.573. The molecule has 0 spiro atoms. The van der Waals surface area contributed by atoms with E-state index in [0.717, 1.165) is 9.87 Å². The van der Waals surface area contributed by atoms with E-state index in [2.05, 4.69) is 4.98 Å². The van der Waals surface area contributed by atoms with Crippen molar-refractivity contribution >= 4 is 16.0 Å². The molecule has 0 bridgehead atoms. The highest BCUT2D eigenvalue weighted by molar-refractivity contribution is 7.89. The Balaban J connectivity index is 2.33. The largest absolute Gasteiger partial charge is 0.465 e. The van der Waals surface area contributed by atoms with Crippen LogP contribution < -0.4 is 0 Å². The molecule has 0 saturated carbocycles. The van der Waals surface area contributed by atoms with Crippen molar-refractivity contribution in [3.63, 3.8) is 0 Å². The van der Waals surface area contributed by atoms with Crippen LogP contribution in [0.5, 0.6) is 0 Å². The molecule has 1 aromatic heterocycles. The first-order valence-corrected chi connectivity index (χ1v) is 8.99. The second-order valence-corrected chi connectivity index (χ2v) is 7.17. The minimum atomic E-state index is -3.85. The minimum Gasteiger partial charge on any atom is -0.465 e. The van der Waals surface area contributed by atoms with Crippen LogP contribution >= 0.6 is 0 Å². The lowest BCUT2D eigenvalue weighted by Gasteiger charge is -2.25. The highest BCUT2D eigenvalue weighted by Crippen LogP contribution is 2.19. The number of likely N-dealkylation sites (N-methyl/N-ethyl adjacent to an activating group) is 1. The number of benzene rings is 1. The van der Waals surface area contributed by atoms with Gasteiger partial charge < -0.3 is 4.74 Å². The Hall–Kier alpha value is -2.25. The maximum atomic E-state index is 12.8. The molecule has 0 aliphatic carbocycles. The summed E-state index contributed by atoms with van der Waals surface area (Å²) in [5.41, 5.74) is 0.851. The first-order chi connectivity index (χ1) is 11.5. The molecule has 128 valence electrons. The van der Waals surface area contributed by atoms with Crippen LogP contribution in [-0.2, 0) is 26.0 Å². The number of carbonyl (C=O) groups is 1. The van der Waals surface area contributed by atoms with Gasteiger partial charge in [0, 0.05) is 19.4 Å². The topological polar surface area (TPSA) is 76.6 Å². The van der Waals surface area contributed by atoms with Gasteiger partial charge in [0.25, 0.3) is 0 Å². The molecule has 6 nitrogen and oxygen atoms in total. The summed E-state index contributed by atoms with van der Waals surface area (Å²) in [7, 11) is -2.47. The van der Waals surface area contributed by atoms with E-state index in [1.54, 1.807) is 6.92 Å². The van der Waals surface area contributed by atoms with Gasteiger partial charge in [0.15, 0.2) is 0 Å². The van der Waals surface area contributed by atoms with Gasteiger partial charge in [-0.25, -0.2) is 8.42 Å². The molecular formula is C17H20N2O4S. The van der Waals surface area contributed by atoms with Gasteiger partial charge in [-0.3, -0.25) is 9.78 Å². The Morgan fingerprint density at radius 3 is 2.50 bits per heavy atom. The summed E-state index contributed by atoms with van der Waals surface area (Å²) in [6.07, 6.45) is 2.98. The number of nitrogens with zero attached hydrogens (tertiary/aromatic N) is 2. The SMILES string of the molecule is CCOC(=O)[C@@H](Cc1ccccc1)N(C)S(=O)(=O)c1cccnc1. The number of pyridine rings is 1. The smallest absolute Gasteiger partial charge is 0.324 e. The number of sulfonamides is 1. The number of hydrogen-bond donors (Lipinski definition) is 0. The maximum Gasteiger partial charge on any atom is 0.324 e. The van der Waals surface area contributed by atoms with Gasteiger partial charge >= 0.3 is 5.97 Å². The van der Waals surface area contributed by atoms with E-state index in [-0.39, 0.29) is 17.9 Å². The zero-order valence-corrected chi connectivity index (χ0v) is 14.4. The average Bonchev–Trinajstić information content (AvgIpc) is 2.61. The zero-order valence-electron chi connectivity index (χ0n) is 13.6. The molecule has 0 fully saturated rings. The van der Waals surface area contributed by atoms with Crippen molar-refractivity contribution in [1.82, 2.24) is 9.29 Å². The molecular weight excluding hydrogens is 328 g/mol. The fourth-order valence-electron chi connectivity index (χ4n) is 2.27. The van der Waals surface area contributed by atoms with Gasteiger partial charge in [-0.15, -0.1) is 0 Å². The van der Waals surface area contributed by atoms with E-state index >= 15 is 0 Å². The second-order valence-electron chi connectivity index (χ2n) is 5.17. The molecule has 1 heterocycles. The van der Waals surface area contributed by atoms with E-state index in [1.165, 1.54) is 31.6 Å². The standard InChI is InChI=1S/C17H20N2O4S/c1-3-23-17(20)16(12-14-8-5-4-6-9-14)19(2)24(21,22)15-10-7-11-18-13-15/h4-11,13,16H,3,12H2,1-2H3/t16-/m1/s1. The minimum absolute atomic E-state index is 0.0369.